The molecule has 1 aromatic carbocycles. The molecule has 3 rings (SSSR count). The number of amides is 2. The maximum atomic E-state index is 13.4. The summed E-state index contributed by atoms with van der Waals surface area (Å²) >= 11 is 0. The van der Waals surface area contributed by atoms with E-state index in [0.717, 1.165) is 23.8 Å². The average molecular weight is 248 g/mol. The van der Waals surface area contributed by atoms with E-state index in [2.05, 4.69) is 0 Å². The number of imide groups is 1. The van der Waals surface area contributed by atoms with Gasteiger partial charge in [0.2, 0.25) is 11.8 Å². The van der Waals surface area contributed by atoms with Crippen LogP contribution in [0.15, 0.2) is 18.2 Å². The Bertz CT molecular complexity index is 522. The van der Waals surface area contributed by atoms with Crippen LogP contribution in [0.5, 0.6) is 0 Å². The normalized spacial score (nSPS) is 26.8. The van der Waals surface area contributed by atoms with E-state index < -0.39 is 5.82 Å². The van der Waals surface area contributed by atoms with Crippen LogP contribution >= 0.6 is 0 Å². The van der Waals surface area contributed by atoms with Crippen LogP contribution in [-0.2, 0) is 9.59 Å². The second kappa shape index (κ2) is 3.80. The van der Waals surface area contributed by atoms with E-state index in [4.69, 9.17) is 5.73 Å². The summed E-state index contributed by atoms with van der Waals surface area (Å²) in [5, 5.41) is 0. The van der Waals surface area contributed by atoms with E-state index in [9.17, 15) is 14.0 Å². The first-order chi connectivity index (χ1) is 8.58. The van der Waals surface area contributed by atoms with Crippen molar-refractivity contribution in [2.45, 2.75) is 19.3 Å². The number of nitrogens with zero attached hydrogens (tertiary/aromatic N) is 1. The summed E-state index contributed by atoms with van der Waals surface area (Å²) in [6, 6.07) is 4.04. The quantitative estimate of drug-likeness (QED) is 0.607. The number of fused-ring (bicyclic) bond motifs is 2. The summed E-state index contributed by atoms with van der Waals surface area (Å²) in [6.07, 6.45) is 2.15. The molecular weight excluding hydrogens is 235 g/mol. The zero-order valence-electron chi connectivity index (χ0n) is 9.73. The van der Waals surface area contributed by atoms with Crippen molar-refractivity contribution in [3.05, 3.63) is 24.0 Å². The van der Waals surface area contributed by atoms with Crippen LogP contribution in [0.2, 0.25) is 0 Å². The highest BCUT2D eigenvalue weighted by atomic mass is 19.1. The number of benzene rings is 1. The maximum Gasteiger partial charge on any atom is 0.236 e. The predicted octanol–water partition coefficient (Wildman–Crippen LogP) is 1.70. The molecule has 4 nitrogen and oxygen atoms in total. The molecule has 2 aliphatic rings. The highest BCUT2D eigenvalue weighted by Crippen LogP contribution is 2.40. The minimum absolute atomic E-state index is 0.0126. The number of carbonyl (C=O) groups excluding carboxylic acids is 2. The lowest BCUT2D eigenvalue weighted by atomic mass is 9.96. The summed E-state index contributed by atoms with van der Waals surface area (Å²) in [5.74, 6) is -1.21. The molecule has 2 N–H and O–H groups in total. The van der Waals surface area contributed by atoms with Gasteiger partial charge in [0.25, 0.3) is 0 Å². The number of hydrogen-bond acceptors (Lipinski definition) is 3. The molecule has 1 aliphatic carbocycles. The number of nitrogens with two attached hydrogens (primary N) is 1. The van der Waals surface area contributed by atoms with E-state index >= 15 is 0 Å². The number of anilines is 2. The zero-order chi connectivity index (χ0) is 12.9. The highest BCUT2D eigenvalue weighted by Gasteiger charge is 2.45. The van der Waals surface area contributed by atoms with Crippen molar-refractivity contribution in [2.24, 2.45) is 11.8 Å². The molecule has 0 aromatic heterocycles. The second-order valence-corrected chi connectivity index (χ2v) is 4.92. The summed E-state index contributed by atoms with van der Waals surface area (Å²) in [6.45, 7) is 0. The first-order valence-corrected chi connectivity index (χ1v) is 6.01. The van der Waals surface area contributed by atoms with Crippen LogP contribution in [0.25, 0.3) is 0 Å². The molecule has 2 bridgehead atoms. The van der Waals surface area contributed by atoms with Gasteiger partial charge >= 0.3 is 0 Å². The average Bonchev–Trinajstić information content (AvgIpc) is 2.78. The van der Waals surface area contributed by atoms with Gasteiger partial charge in [-0.1, -0.05) is 0 Å². The van der Waals surface area contributed by atoms with E-state index in [1.807, 2.05) is 0 Å². The Balaban J connectivity index is 2.02. The van der Waals surface area contributed by atoms with Crippen molar-refractivity contribution in [2.75, 3.05) is 10.6 Å². The fraction of sp³-hybridized carbons (Fsp3) is 0.385. The number of piperidine rings is 1. The molecule has 2 amide bonds. The predicted molar refractivity (Wildman–Crippen MR) is 64.1 cm³/mol. The Labute approximate surface area is 104 Å². The lowest BCUT2D eigenvalue weighted by molar-refractivity contribution is -0.132. The minimum Gasteiger partial charge on any atom is -0.396 e. The SMILES string of the molecule is Nc1ccc(N2C(=O)C3CCC(C3)C2=O)cc1F. The largest absolute Gasteiger partial charge is 0.396 e. The molecule has 1 saturated heterocycles. The van der Waals surface area contributed by atoms with Crippen LogP contribution < -0.4 is 10.6 Å². The van der Waals surface area contributed by atoms with Crippen LogP contribution in [-0.4, -0.2) is 11.8 Å². The Morgan fingerprint density at radius 1 is 1.17 bits per heavy atom. The molecule has 94 valence electrons. The number of rotatable bonds is 1. The number of carbonyl (C=O) groups is 2. The van der Waals surface area contributed by atoms with Crippen molar-refractivity contribution >= 4 is 23.2 Å². The topological polar surface area (TPSA) is 63.4 Å². The van der Waals surface area contributed by atoms with Crippen molar-refractivity contribution in [3.63, 3.8) is 0 Å². The first kappa shape index (κ1) is 11.2. The summed E-state index contributed by atoms with van der Waals surface area (Å²) in [4.78, 5) is 25.4. The van der Waals surface area contributed by atoms with Gasteiger partial charge < -0.3 is 5.73 Å². The third-order valence-corrected chi connectivity index (χ3v) is 3.81. The minimum atomic E-state index is -0.606. The Morgan fingerprint density at radius 3 is 2.33 bits per heavy atom. The molecule has 1 heterocycles. The molecular formula is C13H13FN2O2. The van der Waals surface area contributed by atoms with Crippen molar-refractivity contribution < 1.29 is 14.0 Å². The molecule has 0 spiro atoms. The van der Waals surface area contributed by atoms with Gasteiger partial charge in [-0.15, -0.1) is 0 Å². The fourth-order valence-corrected chi connectivity index (χ4v) is 2.81. The van der Waals surface area contributed by atoms with Gasteiger partial charge in [-0.25, -0.2) is 9.29 Å². The van der Waals surface area contributed by atoms with Crippen LogP contribution in [0.1, 0.15) is 19.3 Å². The van der Waals surface area contributed by atoms with Gasteiger partial charge in [-0.05, 0) is 31.4 Å². The highest BCUT2D eigenvalue weighted by molar-refractivity contribution is 6.18. The summed E-state index contributed by atoms with van der Waals surface area (Å²) in [7, 11) is 0. The molecule has 0 radical (unpaired) electrons. The van der Waals surface area contributed by atoms with Crippen molar-refractivity contribution in [1.82, 2.24) is 0 Å². The monoisotopic (exact) mass is 248 g/mol. The molecule has 2 fully saturated rings. The standard InChI is InChI=1S/C13H13FN2O2/c14-10-6-9(3-4-11(10)15)16-12(17)7-1-2-8(5-7)13(16)18/h3-4,6-8H,1-2,5,15H2. The molecule has 1 aromatic rings. The van der Waals surface area contributed by atoms with Crippen LogP contribution in [0, 0.1) is 17.7 Å². The van der Waals surface area contributed by atoms with Gasteiger partial charge in [0, 0.05) is 17.9 Å². The van der Waals surface area contributed by atoms with Gasteiger partial charge in [-0.3, -0.25) is 9.59 Å². The fourth-order valence-electron chi connectivity index (χ4n) is 2.81. The van der Waals surface area contributed by atoms with Gasteiger partial charge in [0.1, 0.15) is 5.82 Å². The van der Waals surface area contributed by atoms with E-state index in [1.54, 1.807) is 0 Å². The summed E-state index contributed by atoms with van der Waals surface area (Å²) < 4.78 is 13.4. The number of nitrogen functional groups attached to an aromatic ring is 1. The molecule has 2 atom stereocenters. The smallest absolute Gasteiger partial charge is 0.236 e. The maximum absolute atomic E-state index is 13.4. The molecule has 18 heavy (non-hydrogen) atoms. The third kappa shape index (κ3) is 1.50. The van der Waals surface area contributed by atoms with Crippen LogP contribution in [0.4, 0.5) is 15.8 Å². The van der Waals surface area contributed by atoms with Crippen LogP contribution in [0.3, 0.4) is 0 Å². The number of halogens is 1. The number of hydrogen-bond donors (Lipinski definition) is 1. The zero-order valence-corrected chi connectivity index (χ0v) is 9.73. The van der Waals surface area contributed by atoms with Gasteiger partial charge in [0.05, 0.1) is 11.4 Å². The Kier molecular flexibility index (Phi) is 2.36. The lowest BCUT2D eigenvalue weighted by Crippen LogP contribution is -2.46. The van der Waals surface area contributed by atoms with Crippen molar-refractivity contribution in [1.29, 1.82) is 0 Å². The second-order valence-electron chi connectivity index (χ2n) is 4.92. The Morgan fingerprint density at radius 2 is 1.78 bits per heavy atom. The van der Waals surface area contributed by atoms with Crippen molar-refractivity contribution in [3.8, 4) is 0 Å². The van der Waals surface area contributed by atoms with Gasteiger partial charge in [0.15, 0.2) is 0 Å². The lowest BCUT2D eigenvalue weighted by Gasteiger charge is -2.29. The molecule has 1 saturated carbocycles. The van der Waals surface area contributed by atoms with E-state index in [1.165, 1.54) is 12.1 Å². The van der Waals surface area contributed by atoms with E-state index in [-0.39, 0.29) is 35.0 Å². The summed E-state index contributed by atoms with van der Waals surface area (Å²) in [5.41, 5.74) is 5.69. The molecule has 1 aliphatic heterocycles. The van der Waals surface area contributed by atoms with E-state index in [0.29, 0.717) is 6.42 Å². The molecule has 5 heteroatoms. The first-order valence-electron chi connectivity index (χ1n) is 6.01. The third-order valence-electron chi connectivity index (χ3n) is 3.81. The van der Waals surface area contributed by atoms with Gasteiger partial charge in [-0.2, -0.15) is 0 Å². The molecule has 2 unspecified atom stereocenters. The Hall–Kier alpha value is -1.91.